The molecule has 0 radical (unpaired) electrons. The largest absolute Gasteiger partial charge is 0.370 e. The van der Waals surface area contributed by atoms with E-state index in [2.05, 4.69) is 29.8 Å². The first-order chi connectivity index (χ1) is 8.08. The highest BCUT2D eigenvalue weighted by Crippen LogP contribution is 2.27. The molecule has 0 fully saturated rings. The van der Waals surface area contributed by atoms with Crippen molar-refractivity contribution in [2.45, 2.75) is 40.0 Å². The number of ketones is 1. The average Bonchev–Trinajstić information content (AvgIpc) is 2.28. The quantitative estimate of drug-likeness (QED) is 0.802. The number of fused-ring (bicyclic) bond motifs is 1. The first-order valence-electron chi connectivity index (χ1n) is 6.29. The molecular formula is C14H20N2O. The van der Waals surface area contributed by atoms with Gasteiger partial charge in [0.05, 0.1) is 11.4 Å². The Kier molecular flexibility index (Phi) is 3.46. The number of anilines is 1. The van der Waals surface area contributed by atoms with Crippen LogP contribution in [0, 0.1) is 13.8 Å². The molecule has 1 aromatic heterocycles. The average molecular weight is 232 g/mol. The van der Waals surface area contributed by atoms with Gasteiger partial charge in [0.2, 0.25) is 0 Å². The number of carbonyl (C=O) groups excluding carboxylic acids is 1. The minimum atomic E-state index is 0.258. The summed E-state index contributed by atoms with van der Waals surface area (Å²) in [4.78, 5) is 18.0. The van der Waals surface area contributed by atoms with Gasteiger partial charge in [-0.05, 0) is 45.2 Å². The zero-order valence-corrected chi connectivity index (χ0v) is 10.9. The summed E-state index contributed by atoms with van der Waals surface area (Å²) in [6, 6.07) is 2.22. The SMILES string of the molecule is CC(=O)CCN1CCCc2nc(C)c(C)cc21. The zero-order chi connectivity index (χ0) is 12.4. The molecule has 0 aliphatic carbocycles. The third-order valence-electron chi connectivity index (χ3n) is 3.44. The number of hydrogen-bond acceptors (Lipinski definition) is 3. The van der Waals surface area contributed by atoms with Gasteiger partial charge in [-0.2, -0.15) is 0 Å². The smallest absolute Gasteiger partial charge is 0.131 e. The Bertz CT molecular complexity index is 440. The van der Waals surface area contributed by atoms with E-state index in [1.807, 2.05) is 0 Å². The highest BCUT2D eigenvalue weighted by molar-refractivity contribution is 5.76. The van der Waals surface area contributed by atoms with Crippen LogP contribution in [0.3, 0.4) is 0 Å². The Hall–Kier alpha value is -1.38. The molecule has 17 heavy (non-hydrogen) atoms. The van der Waals surface area contributed by atoms with Gasteiger partial charge in [0.1, 0.15) is 5.78 Å². The van der Waals surface area contributed by atoms with Crippen LogP contribution in [-0.2, 0) is 11.2 Å². The Morgan fingerprint density at radius 2 is 2.24 bits per heavy atom. The summed E-state index contributed by atoms with van der Waals surface area (Å²) in [7, 11) is 0. The molecule has 0 unspecified atom stereocenters. The van der Waals surface area contributed by atoms with Crippen LogP contribution in [0.25, 0.3) is 0 Å². The predicted molar refractivity (Wildman–Crippen MR) is 69.5 cm³/mol. The lowest BCUT2D eigenvalue weighted by Crippen LogP contribution is -2.32. The van der Waals surface area contributed by atoms with E-state index in [1.54, 1.807) is 6.92 Å². The minimum Gasteiger partial charge on any atom is -0.370 e. The third kappa shape index (κ3) is 2.65. The number of rotatable bonds is 3. The van der Waals surface area contributed by atoms with Crippen molar-refractivity contribution in [3.05, 3.63) is 23.0 Å². The molecule has 1 aromatic rings. The Morgan fingerprint density at radius 1 is 1.47 bits per heavy atom. The molecule has 2 rings (SSSR count). The molecule has 0 saturated heterocycles. The molecule has 3 nitrogen and oxygen atoms in total. The van der Waals surface area contributed by atoms with Crippen molar-refractivity contribution in [3.63, 3.8) is 0 Å². The van der Waals surface area contributed by atoms with Crippen molar-refractivity contribution in [3.8, 4) is 0 Å². The predicted octanol–water partition coefficient (Wildman–Crippen LogP) is 2.43. The normalized spacial score (nSPS) is 14.6. The number of Topliss-reactive ketones (excluding diaryl/α,β-unsaturated/α-hetero) is 1. The second-order valence-corrected chi connectivity index (χ2v) is 4.90. The maximum absolute atomic E-state index is 11.1. The van der Waals surface area contributed by atoms with Gasteiger partial charge < -0.3 is 4.90 Å². The fourth-order valence-electron chi connectivity index (χ4n) is 2.28. The van der Waals surface area contributed by atoms with E-state index in [0.717, 1.165) is 31.6 Å². The first-order valence-corrected chi connectivity index (χ1v) is 6.29. The molecule has 1 aliphatic heterocycles. The van der Waals surface area contributed by atoms with Gasteiger partial charge in [0, 0.05) is 25.2 Å². The van der Waals surface area contributed by atoms with Crippen LogP contribution in [0.4, 0.5) is 5.69 Å². The molecule has 0 amide bonds. The Balaban J connectivity index is 2.24. The van der Waals surface area contributed by atoms with Crippen molar-refractivity contribution < 1.29 is 4.79 Å². The van der Waals surface area contributed by atoms with Crippen molar-refractivity contribution in [1.29, 1.82) is 0 Å². The lowest BCUT2D eigenvalue weighted by atomic mass is 10.0. The van der Waals surface area contributed by atoms with Crippen molar-refractivity contribution in [2.75, 3.05) is 18.0 Å². The fraction of sp³-hybridized carbons (Fsp3) is 0.571. The van der Waals surface area contributed by atoms with E-state index in [4.69, 9.17) is 0 Å². The molecule has 1 aliphatic rings. The molecule has 0 aromatic carbocycles. The van der Waals surface area contributed by atoms with Crippen molar-refractivity contribution >= 4 is 11.5 Å². The second-order valence-electron chi connectivity index (χ2n) is 4.90. The van der Waals surface area contributed by atoms with E-state index in [-0.39, 0.29) is 5.78 Å². The molecule has 3 heteroatoms. The molecule has 2 heterocycles. The number of aryl methyl sites for hydroxylation is 3. The van der Waals surface area contributed by atoms with Gasteiger partial charge in [-0.15, -0.1) is 0 Å². The fourth-order valence-corrected chi connectivity index (χ4v) is 2.28. The molecule has 0 saturated carbocycles. The Morgan fingerprint density at radius 3 is 2.94 bits per heavy atom. The van der Waals surface area contributed by atoms with Crippen LogP contribution < -0.4 is 4.90 Å². The molecule has 0 atom stereocenters. The van der Waals surface area contributed by atoms with Crippen LogP contribution >= 0.6 is 0 Å². The van der Waals surface area contributed by atoms with Gasteiger partial charge in [0.25, 0.3) is 0 Å². The van der Waals surface area contributed by atoms with Crippen molar-refractivity contribution in [1.82, 2.24) is 4.98 Å². The van der Waals surface area contributed by atoms with E-state index in [9.17, 15) is 4.79 Å². The lowest BCUT2D eigenvalue weighted by molar-refractivity contribution is -0.116. The van der Waals surface area contributed by atoms with Gasteiger partial charge in [-0.3, -0.25) is 9.78 Å². The van der Waals surface area contributed by atoms with Crippen LogP contribution in [0.5, 0.6) is 0 Å². The maximum Gasteiger partial charge on any atom is 0.131 e. The summed E-state index contributed by atoms with van der Waals surface area (Å²) in [5.41, 5.74) is 4.79. The zero-order valence-electron chi connectivity index (χ0n) is 10.9. The summed E-state index contributed by atoms with van der Waals surface area (Å²) < 4.78 is 0. The van der Waals surface area contributed by atoms with Gasteiger partial charge in [-0.1, -0.05) is 0 Å². The molecular weight excluding hydrogens is 212 g/mol. The second kappa shape index (κ2) is 4.86. The van der Waals surface area contributed by atoms with Gasteiger partial charge in [0.15, 0.2) is 0 Å². The number of hydrogen-bond donors (Lipinski definition) is 0. The summed E-state index contributed by atoms with van der Waals surface area (Å²) >= 11 is 0. The Labute approximate surface area is 103 Å². The minimum absolute atomic E-state index is 0.258. The molecule has 0 spiro atoms. The summed E-state index contributed by atoms with van der Waals surface area (Å²) in [5.74, 6) is 0.258. The monoisotopic (exact) mass is 232 g/mol. The van der Waals surface area contributed by atoms with Crippen LogP contribution in [0.2, 0.25) is 0 Å². The topological polar surface area (TPSA) is 33.2 Å². The van der Waals surface area contributed by atoms with Crippen molar-refractivity contribution in [2.24, 2.45) is 0 Å². The maximum atomic E-state index is 11.1. The summed E-state index contributed by atoms with van der Waals surface area (Å²) in [6.07, 6.45) is 2.83. The number of carbonyl (C=O) groups is 1. The number of nitrogens with zero attached hydrogens (tertiary/aromatic N) is 2. The molecule has 0 bridgehead atoms. The number of pyridine rings is 1. The van der Waals surface area contributed by atoms with E-state index in [0.29, 0.717) is 6.42 Å². The highest BCUT2D eigenvalue weighted by atomic mass is 16.1. The van der Waals surface area contributed by atoms with Gasteiger partial charge >= 0.3 is 0 Å². The van der Waals surface area contributed by atoms with Gasteiger partial charge in [-0.25, -0.2) is 0 Å². The highest BCUT2D eigenvalue weighted by Gasteiger charge is 2.18. The molecule has 92 valence electrons. The standard InChI is InChI=1S/C14H20N2O/c1-10-9-14-13(15-12(10)3)5-4-7-16(14)8-6-11(2)17/h9H,4-8H2,1-3H3. The summed E-state index contributed by atoms with van der Waals surface area (Å²) in [5, 5.41) is 0. The van der Waals surface area contributed by atoms with E-state index >= 15 is 0 Å². The first kappa shape index (κ1) is 12.1. The molecule has 0 N–H and O–H groups in total. The van der Waals surface area contributed by atoms with Crippen LogP contribution in [0.1, 0.15) is 36.7 Å². The lowest BCUT2D eigenvalue weighted by Gasteiger charge is -2.31. The number of aromatic nitrogens is 1. The van der Waals surface area contributed by atoms with E-state index < -0.39 is 0 Å². The summed E-state index contributed by atoms with van der Waals surface area (Å²) in [6.45, 7) is 7.69. The van der Waals surface area contributed by atoms with Crippen LogP contribution in [0.15, 0.2) is 6.07 Å². The van der Waals surface area contributed by atoms with E-state index in [1.165, 1.54) is 16.9 Å². The van der Waals surface area contributed by atoms with Crippen LogP contribution in [-0.4, -0.2) is 23.9 Å². The third-order valence-corrected chi connectivity index (χ3v) is 3.44.